The molecule has 3 rings (SSSR count). The number of aromatic nitrogens is 2. The first-order chi connectivity index (χ1) is 9.61. The van der Waals surface area contributed by atoms with E-state index < -0.39 is 0 Å². The van der Waals surface area contributed by atoms with E-state index >= 15 is 0 Å². The predicted molar refractivity (Wildman–Crippen MR) is 79.1 cm³/mol. The second-order valence-electron chi connectivity index (χ2n) is 5.02. The minimum absolute atomic E-state index is 0.130. The number of nitrogens with zero attached hydrogens (tertiary/aromatic N) is 3. The third kappa shape index (κ3) is 2.71. The lowest BCUT2D eigenvalue weighted by Crippen LogP contribution is -2.25. The summed E-state index contributed by atoms with van der Waals surface area (Å²) < 4.78 is 0. The highest BCUT2D eigenvalue weighted by Gasteiger charge is 2.19. The van der Waals surface area contributed by atoms with E-state index in [9.17, 15) is 4.79 Å². The lowest BCUT2D eigenvalue weighted by atomic mass is 10.2. The van der Waals surface area contributed by atoms with Crippen molar-refractivity contribution in [1.29, 1.82) is 0 Å². The molecule has 2 aromatic heterocycles. The van der Waals surface area contributed by atoms with E-state index in [-0.39, 0.29) is 5.91 Å². The second kappa shape index (κ2) is 5.30. The van der Waals surface area contributed by atoms with Gasteiger partial charge in [0, 0.05) is 41.8 Å². The standard InChI is InChI=1S/C14H16N4OS/c1-9-7-10(3-5-15-9)13(19)17-14-16-11-4-6-18(2)8-12(11)20-14/h3,5,7H,4,6,8H2,1-2H3,(H,16,17,19). The van der Waals surface area contributed by atoms with Crippen LogP contribution in [0.4, 0.5) is 5.13 Å². The first kappa shape index (κ1) is 13.2. The van der Waals surface area contributed by atoms with Gasteiger partial charge in [0.2, 0.25) is 0 Å². The van der Waals surface area contributed by atoms with Crippen molar-refractivity contribution in [2.75, 3.05) is 18.9 Å². The highest BCUT2D eigenvalue weighted by molar-refractivity contribution is 7.15. The van der Waals surface area contributed by atoms with E-state index in [2.05, 4.69) is 27.2 Å². The molecular weight excluding hydrogens is 272 g/mol. The van der Waals surface area contributed by atoms with Crippen molar-refractivity contribution in [1.82, 2.24) is 14.9 Å². The Morgan fingerprint density at radius 2 is 2.35 bits per heavy atom. The molecule has 0 saturated carbocycles. The zero-order valence-electron chi connectivity index (χ0n) is 11.5. The molecule has 0 aliphatic carbocycles. The fourth-order valence-electron chi connectivity index (χ4n) is 2.23. The summed E-state index contributed by atoms with van der Waals surface area (Å²) in [7, 11) is 2.10. The summed E-state index contributed by atoms with van der Waals surface area (Å²) in [4.78, 5) is 24.3. The van der Waals surface area contributed by atoms with Crippen molar-refractivity contribution in [2.24, 2.45) is 0 Å². The number of carbonyl (C=O) groups is 1. The minimum Gasteiger partial charge on any atom is -0.301 e. The molecule has 0 bridgehead atoms. The first-order valence-corrected chi connectivity index (χ1v) is 7.34. The molecule has 2 aromatic rings. The van der Waals surface area contributed by atoms with Gasteiger partial charge in [0.15, 0.2) is 5.13 Å². The van der Waals surface area contributed by atoms with E-state index in [1.807, 2.05) is 6.92 Å². The molecule has 0 unspecified atom stereocenters. The normalized spacial score (nSPS) is 14.9. The van der Waals surface area contributed by atoms with Crippen LogP contribution in [0.15, 0.2) is 18.3 Å². The van der Waals surface area contributed by atoms with Crippen molar-refractivity contribution in [3.05, 3.63) is 40.2 Å². The van der Waals surface area contributed by atoms with E-state index in [0.717, 1.165) is 30.9 Å². The van der Waals surface area contributed by atoms with Gasteiger partial charge < -0.3 is 4.90 Å². The Kier molecular flexibility index (Phi) is 3.50. The van der Waals surface area contributed by atoms with Crippen molar-refractivity contribution in [3.8, 4) is 0 Å². The lowest BCUT2D eigenvalue weighted by molar-refractivity contribution is 0.102. The van der Waals surface area contributed by atoms with Crippen LogP contribution in [-0.2, 0) is 13.0 Å². The Labute approximate surface area is 121 Å². The number of anilines is 1. The number of nitrogens with one attached hydrogen (secondary N) is 1. The van der Waals surface area contributed by atoms with Gasteiger partial charge in [0.1, 0.15) is 0 Å². The van der Waals surface area contributed by atoms with Gasteiger partial charge in [-0.3, -0.25) is 15.1 Å². The lowest BCUT2D eigenvalue weighted by Gasteiger charge is -2.20. The molecule has 6 heteroatoms. The first-order valence-electron chi connectivity index (χ1n) is 6.53. The van der Waals surface area contributed by atoms with Gasteiger partial charge in [0.05, 0.1) is 5.69 Å². The molecule has 104 valence electrons. The van der Waals surface area contributed by atoms with Gasteiger partial charge in [-0.2, -0.15) is 0 Å². The van der Waals surface area contributed by atoms with Crippen LogP contribution in [0, 0.1) is 6.92 Å². The van der Waals surface area contributed by atoms with Crippen LogP contribution < -0.4 is 5.32 Å². The van der Waals surface area contributed by atoms with Crippen LogP contribution in [-0.4, -0.2) is 34.4 Å². The van der Waals surface area contributed by atoms with Crippen LogP contribution in [0.5, 0.6) is 0 Å². The number of amides is 1. The zero-order valence-corrected chi connectivity index (χ0v) is 12.3. The SMILES string of the molecule is Cc1cc(C(=O)Nc2nc3c(s2)CN(C)CC3)ccn1. The van der Waals surface area contributed by atoms with E-state index in [1.165, 1.54) is 4.88 Å². The third-order valence-electron chi connectivity index (χ3n) is 3.30. The number of likely N-dealkylation sites (N-methyl/N-ethyl adjacent to an activating group) is 1. The Morgan fingerprint density at radius 3 is 3.15 bits per heavy atom. The summed E-state index contributed by atoms with van der Waals surface area (Å²) in [5.41, 5.74) is 2.56. The number of pyridine rings is 1. The highest BCUT2D eigenvalue weighted by Crippen LogP contribution is 2.27. The molecule has 1 amide bonds. The summed E-state index contributed by atoms with van der Waals surface area (Å²) in [5.74, 6) is -0.130. The number of thiazole rings is 1. The summed E-state index contributed by atoms with van der Waals surface area (Å²) >= 11 is 1.57. The molecule has 20 heavy (non-hydrogen) atoms. The van der Waals surface area contributed by atoms with E-state index in [0.29, 0.717) is 10.7 Å². The quantitative estimate of drug-likeness (QED) is 0.919. The van der Waals surface area contributed by atoms with Gasteiger partial charge in [-0.1, -0.05) is 0 Å². The number of hydrogen-bond acceptors (Lipinski definition) is 5. The Balaban J connectivity index is 1.77. The van der Waals surface area contributed by atoms with Crippen LogP contribution in [0.25, 0.3) is 0 Å². The number of hydrogen-bond donors (Lipinski definition) is 1. The molecule has 3 heterocycles. The molecule has 0 atom stereocenters. The molecule has 1 aliphatic heterocycles. The maximum Gasteiger partial charge on any atom is 0.257 e. The molecule has 0 fully saturated rings. The van der Waals surface area contributed by atoms with E-state index in [4.69, 9.17) is 0 Å². The topological polar surface area (TPSA) is 58.1 Å². The largest absolute Gasteiger partial charge is 0.301 e. The minimum atomic E-state index is -0.130. The Morgan fingerprint density at radius 1 is 1.50 bits per heavy atom. The van der Waals surface area contributed by atoms with Crippen molar-refractivity contribution >= 4 is 22.4 Å². The molecule has 0 saturated heterocycles. The molecule has 0 radical (unpaired) electrons. The highest BCUT2D eigenvalue weighted by atomic mass is 32.1. The van der Waals surface area contributed by atoms with Gasteiger partial charge in [-0.15, -0.1) is 11.3 Å². The predicted octanol–water partition coefficient (Wildman–Crippen LogP) is 2.09. The average molecular weight is 288 g/mol. The van der Waals surface area contributed by atoms with Crippen LogP contribution in [0.1, 0.15) is 26.6 Å². The Hall–Kier alpha value is -1.79. The van der Waals surface area contributed by atoms with Gasteiger partial charge >= 0.3 is 0 Å². The number of carbonyl (C=O) groups excluding carboxylic acids is 1. The second-order valence-corrected chi connectivity index (χ2v) is 6.10. The molecular formula is C14H16N4OS. The molecule has 1 N–H and O–H groups in total. The van der Waals surface area contributed by atoms with Gasteiger partial charge in [-0.25, -0.2) is 4.98 Å². The third-order valence-corrected chi connectivity index (χ3v) is 4.30. The monoisotopic (exact) mass is 288 g/mol. The molecule has 0 spiro atoms. The van der Waals surface area contributed by atoms with Crippen LogP contribution >= 0.6 is 11.3 Å². The summed E-state index contributed by atoms with van der Waals surface area (Å²) in [6, 6.07) is 3.49. The summed E-state index contributed by atoms with van der Waals surface area (Å²) in [6.07, 6.45) is 2.60. The van der Waals surface area contributed by atoms with Gasteiger partial charge in [-0.05, 0) is 26.1 Å². The number of rotatable bonds is 2. The van der Waals surface area contributed by atoms with Gasteiger partial charge in [0.25, 0.3) is 5.91 Å². The molecule has 1 aliphatic rings. The van der Waals surface area contributed by atoms with Crippen LogP contribution in [0.2, 0.25) is 0 Å². The zero-order chi connectivity index (χ0) is 14.1. The Bertz CT molecular complexity index is 652. The maximum atomic E-state index is 12.2. The summed E-state index contributed by atoms with van der Waals surface area (Å²) in [5, 5.41) is 3.56. The van der Waals surface area contributed by atoms with Crippen LogP contribution in [0.3, 0.4) is 0 Å². The average Bonchev–Trinajstić information content (AvgIpc) is 2.80. The van der Waals surface area contributed by atoms with Crippen molar-refractivity contribution in [2.45, 2.75) is 19.9 Å². The number of aryl methyl sites for hydroxylation is 1. The van der Waals surface area contributed by atoms with Crippen molar-refractivity contribution < 1.29 is 4.79 Å². The fourth-order valence-corrected chi connectivity index (χ4v) is 3.32. The molecule has 5 nitrogen and oxygen atoms in total. The summed E-state index contributed by atoms with van der Waals surface area (Å²) in [6.45, 7) is 3.81. The maximum absolute atomic E-state index is 12.2. The number of fused-ring (bicyclic) bond motifs is 1. The van der Waals surface area contributed by atoms with E-state index in [1.54, 1.807) is 29.7 Å². The van der Waals surface area contributed by atoms with Crippen molar-refractivity contribution in [3.63, 3.8) is 0 Å². The smallest absolute Gasteiger partial charge is 0.257 e. The fraction of sp³-hybridized carbons (Fsp3) is 0.357. The molecule has 0 aromatic carbocycles.